The Balaban J connectivity index is 1.99. The Hall–Kier alpha value is -2.14. The third-order valence-corrected chi connectivity index (χ3v) is 3.25. The number of aromatic nitrogens is 2. The summed E-state index contributed by atoms with van der Waals surface area (Å²) >= 11 is 0. The maximum absolute atomic E-state index is 11.1. The minimum atomic E-state index is -0.891. The fraction of sp³-hybridized carbons (Fsp3) is 0.333. The molecule has 0 atom stereocenters. The molecular weight excluding hydrogens is 254 g/mol. The fourth-order valence-electron chi connectivity index (χ4n) is 2.11. The molecule has 0 unspecified atom stereocenters. The van der Waals surface area contributed by atoms with Crippen LogP contribution in [0.2, 0.25) is 0 Å². The number of hydrogen-bond acceptors (Lipinski definition) is 3. The highest BCUT2D eigenvalue weighted by Crippen LogP contribution is 2.10. The van der Waals surface area contributed by atoms with Crippen molar-refractivity contribution < 1.29 is 9.90 Å². The van der Waals surface area contributed by atoms with Gasteiger partial charge in [-0.15, -0.1) is 0 Å². The van der Waals surface area contributed by atoms with Crippen LogP contribution in [0.1, 0.15) is 34.1 Å². The summed E-state index contributed by atoms with van der Waals surface area (Å²) in [7, 11) is 0. The summed E-state index contributed by atoms with van der Waals surface area (Å²) in [5, 5.41) is 16.8. The van der Waals surface area contributed by atoms with E-state index in [2.05, 4.69) is 10.4 Å². The lowest BCUT2D eigenvalue weighted by molar-refractivity contribution is 0.0695. The predicted octanol–water partition coefficient (Wildman–Crippen LogP) is 2.20. The first kappa shape index (κ1) is 14.3. The van der Waals surface area contributed by atoms with Crippen molar-refractivity contribution in [2.24, 2.45) is 0 Å². The van der Waals surface area contributed by atoms with Gasteiger partial charge in [0.25, 0.3) is 0 Å². The molecule has 5 heteroatoms. The third kappa shape index (κ3) is 3.24. The van der Waals surface area contributed by atoms with Crippen LogP contribution < -0.4 is 5.32 Å². The molecule has 2 rings (SSSR count). The summed E-state index contributed by atoms with van der Waals surface area (Å²) in [5.41, 5.74) is 3.28. The van der Waals surface area contributed by atoms with Gasteiger partial charge in [-0.1, -0.05) is 18.2 Å². The number of nitrogens with zero attached hydrogens (tertiary/aromatic N) is 2. The van der Waals surface area contributed by atoms with E-state index in [0.29, 0.717) is 18.7 Å². The number of rotatable bonds is 6. The molecule has 5 nitrogen and oxygen atoms in total. The number of aromatic carboxylic acids is 1. The summed E-state index contributed by atoms with van der Waals surface area (Å²) in [6.45, 7) is 6.09. The minimum Gasteiger partial charge on any atom is -0.478 e. The molecule has 1 aromatic heterocycles. The monoisotopic (exact) mass is 273 g/mol. The Morgan fingerprint density at radius 3 is 2.65 bits per heavy atom. The second kappa shape index (κ2) is 6.34. The summed E-state index contributed by atoms with van der Waals surface area (Å²) < 4.78 is 1.90. The molecule has 1 aromatic carbocycles. The number of carboxylic acids is 1. The number of carboxylic acid groups (broad SMARTS) is 1. The molecule has 0 aliphatic heterocycles. The fourth-order valence-corrected chi connectivity index (χ4v) is 2.11. The van der Waals surface area contributed by atoms with Gasteiger partial charge in [-0.05, 0) is 25.5 Å². The quantitative estimate of drug-likeness (QED) is 0.846. The van der Waals surface area contributed by atoms with E-state index in [1.165, 1.54) is 0 Å². The molecular formula is C15H19N3O2. The van der Waals surface area contributed by atoms with Crippen LogP contribution in [0.25, 0.3) is 0 Å². The van der Waals surface area contributed by atoms with Gasteiger partial charge in [-0.2, -0.15) is 5.10 Å². The lowest BCUT2D eigenvalue weighted by atomic mass is 10.1. The molecule has 2 aromatic rings. The molecule has 0 fully saturated rings. The SMILES string of the molecule is CCn1cc(CNCc2ccccc2C(=O)O)c(C)n1. The number of hydrogen-bond donors (Lipinski definition) is 2. The lowest BCUT2D eigenvalue weighted by Crippen LogP contribution is -2.15. The average Bonchev–Trinajstić information content (AvgIpc) is 2.80. The predicted molar refractivity (Wildman–Crippen MR) is 76.6 cm³/mol. The van der Waals surface area contributed by atoms with E-state index in [9.17, 15) is 4.79 Å². The maximum Gasteiger partial charge on any atom is 0.336 e. The van der Waals surface area contributed by atoms with E-state index in [1.54, 1.807) is 12.1 Å². The van der Waals surface area contributed by atoms with Gasteiger partial charge in [0.2, 0.25) is 0 Å². The van der Waals surface area contributed by atoms with Crippen molar-refractivity contribution in [3.05, 3.63) is 52.8 Å². The Bertz CT molecular complexity index is 605. The van der Waals surface area contributed by atoms with Crippen LogP contribution >= 0.6 is 0 Å². The smallest absolute Gasteiger partial charge is 0.336 e. The van der Waals surface area contributed by atoms with Crippen LogP contribution in [0.5, 0.6) is 0 Å². The van der Waals surface area contributed by atoms with Gasteiger partial charge in [0.1, 0.15) is 0 Å². The first-order chi connectivity index (χ1) is 9.61. The van der Waals surface area contributed by atoms with E-state index < -0.39 is 5.97 Å². The van der Waals surface area contributed by atoms with Gasteiger partial charge < -0.3 is 10.4 Å². The van der Waals surface area contributed by atoms with Crippen molar-refractivity contribution in [2.45, 2.75) is 33.5 Å². The zero-order chi connectivity index (χ0) is 14.5. The van der Waals surface area contributed by atoms with Gasteiger partial charge in [0.15, 0.2) is 0 Å². The van der Waals surface area contributed by atoms with Crippen molar-refractivity contribution in [1.29, 1.82) is 0 Å². The highest BCUT2D eigenvalue weighted by molar-refractivity contribution is 5.89. The Morgan fingerprint density at radius 2 is 2.00 bits per heavy atom. The zero-order valence-electron chi connectivity index (χ0n) is 11.8. The van der Waals surface area contributed by atoms with Gasteiger partial charge >= 0.3 is 5.97 Å². The third-order valence-electron chi connectivity index (χ3n) is 3.25. The molecule has 0 aliphatic carbocycles. The number of carbonyl (C=O) groups is 1. The number of nitrogens with one attached hydrogen (secondary N) is 1. The summed E-state index contributed by atoms with van der Waals surface area (Å²) in [6.07, 6.45) is 2.02. The van der Waals surface area contributed by atoms with E-state index in [-0.39, 0.29) is 0 Å². The van der Waals surface area contributed by atoms with Crippen molar-refractivity contribution in [1.82, 2.24) is 15.1 Å². The second-order valence-corrected chi connectivity index (χ2v) is 4.66. The molecule has 0 spiro atoms. The van der Waals surface area contributed by atoms with Crippen LogP contribution in [0.15, 0.2) is 30.5 Å². The summed E-state index contributed by atoms with van der Waals surface area (Å²) in [6, 6.07) is 7.05. The topological polar surface area (TPSA) is 67.2 Å². The number of aryl methyl sites for hydroxylation is 2. The molecule has 0 saturated carbocycles. The van der Waals surface area contributed by atoms with Gasteiger partial charge in [0.05, 0.1) is 11.3 Å². The van der Waals surface area contributed by atoms with Crippen molar-refractivity contribution in [3.63, 3.8) is 0 Å². The molecule has 0 amide bonds. The van der Waals surface area contributed by atoms with Crippen LogP contribution in [0, 0.1) is 6.92 Å². The highest BCUT2D eigenvalue weighted by Gasteiger charge is 2.09. The van der Waals surface area contributed by atoms with Gasteiger partial charge in [-0.3, -0.25) is 4.68 Å². The van der Waals surface area contributed by atoms with E-state index in [4.69, 9.17) is 5.11 Å². The molecule has 1 heterocycles. The van der Waals surface area contributed by atoms with Crippen molar-refractivity contribution in [3.8, 4) is 0 Å². The largest absolute Gasteiger partial charge is 0.478 e. The van der Waals surface area contributed by atoms with Crippen molar-refractivity contribution in [2.75, 3.05) is 0 Å². The minimum absolute atomic E-state index is 0.348. The van der Waals surface area contributed by atoms with E-state index >= 15 is 0 Å². The van der Waals surface area contributed by atoms with Crippen LogP contribution in [-0.2, 0) is 19.6 Å². The van der Waals surface area contributed by atoms with E-state index in [0.717, 1.165) is 23.4 Å². The maximum atomic E-state index is 11.1. The Morgan fingerprint density at radius 1 is 1.30 bits per heavy atom. The molecule has 0 saturated heterocycles. The average molecular weight is 273 g/mol. The molecule has 0 bridgehead atoms. The number of benzene rings is 1. The van der Waals surface area contributed by atoms with E-state index in [1.807, 2.05) is 36.9 Å². The molecule has 0 radical (unpaired) electrons. The zero-order valence-corrected chi connectivity index (χ0v) is 11.8. The molecule has 2 N–H and O–H groups in total. The van der Waals surface area contributed by atoms with Crippen LogP contribution in [0.3, 0.4) is 0 Å². The second-order valence-electron chi connectivity index (χ2n) is 4.66. The lowest BCUT2D eigenvalue weighted by Gasteiger charge is -2.07. The normalized spacial score (nSPS) is 10.7. The molecule has 0 aliphatic rings. The first-order valence-electron chi connectivity index (χ1n) is 6.66. The van der Waals surface area contributed by atoms with Gasteiger partial charge in [-0.25, -0.2) is 4.79 Å². The summed E-state index contributed by atoms with van der Waals surface area (Å²) in [4.78, 5) is 11.1. The standard InChI is InChI=1S/C15H19N3O2/c1-3-18-10-13(11(2)17-18)9-16-8-12-6-4-5-7-14(12)15(19)20/h4-7,10,16H,3,8-9H2,1-2H3,(H,19,20). The highest BCUT2D eigenvalue weighted by atomic mass is 16.4. The van der Waals surface area contributed by atoms with Gasteiger partial charge in [0, 0.05) is 31.4 Å². The molecule has 20 heavy (non-hydrogen) atoms. The Labute approximate surface area is 118 Å². The summed E-state index contributed by atoms with van der Waals surface area (Å²) in [5.74, 6) is -0.891. The van der Waals surface area contributed by atoms with Crippen LogP contribution in [-0.4, -0.2) is 20.9 Å². The van der Waals surface area contributed by atoms with Crippen molar-refractivity contribution >= 4 is 5.97 Å². The van der Waals surface area contributed by atoms with Crippen LogP contribution in [0.4, 0.5) is 0 Å². The molecule has 106 valence electrons. The first-order valence-corrected chi connectivity index (χ1v) is 6.66. The Kier molecular flexibility index (Phi) is 4.53.